The number of ether oxygens (including phenoxy) is 2. The summed E-state index contributed by atoms with van der Waals surface area (Å²) in [7, 11) is 0. The van der Waals surface area contributed by atoms with E-state index in [-0.39, 0.29) is 18.9 Å². The van der Waals surface area contributed by atoms with Crippen LogP contribution in [0.3, 0.4) is 0 Å². The number of aliphatic hydroxyl groups is 1. The van der Waals surface area contributed by atoms with Crippen molar-refractivity contribution in [2.75, 3.05) is 13.2 Å². The maximum absolute atomic E-state index is 12.8. The number of aliphatic imine (C=N–C) groups is 1. The number of aliphatic carboxylic acids is 1. The van der Waals surface area contributed by atoms with Gasteiger partial charge in [0.1, 0.15) is 5.75 Å². The Morgan fingerprint density at radius 1 is 1.09 bits per heavy atom. The van der Waals surface area contributed by atoms with Crippen molar-refractivity contribution in [3.63, 3.8) is 0 Å². The van der Waals surface area contributed by atoms with Crippen LogP contribution in [0.15, 0.2) is 89.0 Å². The van der Waals surface area contributed by atoms with Crippen LogP contribution in [-0.2, 0) is 16.0 Å². The molecule has 2 N–H and O–H groups in total. The molecule has 1 aliphatic rings. The van der Waals surface area contributed by atoms with Gasteiger partial charge in [0.05, 0.1) is 6.61 Å². The zero-order valence-electron chi connectivity index (χ0n) is 18.8. The monoisotopic (exact) mass is 472 g/mol. The molecule has 9 nitrogen and oxygen atoms in total. The molecule has 0 spiro atoms. The van der Waals surface area contributed by atoms with Gasteiger partial charge in [0.2, 0.25) is 11.4 Å². The summed E-state index contributed by atoms with van der Waals surface area (Å²) < 4.78 is 11.8. The maximum atomic E-state index is 12.8. The molecule has 0 saturated carbocycles. The van der Waals surface area contributed by atoms with Crippen LogP contribution in [0.1, 0.15) is 29.2 Å². The van der Waals surface area contributed by atoms with Crippen molar-refractivity contribution in [2.24, 2.45) is 10.1 Å². The Bertz CT molecular complexity index is 1260. The smallest absolute Gasteiger partial charge is 0.336 e. The lowest BCUT2D eigenvalue weighted by atomic mass is 9.82. The van der Waals surface area contributed by atoms with Gasteiger partial charge in [-0.15, -0.1) is 0 Å². The molecule has 9 heteroatoms. The van der Waals surface area contributed by atoms with Gasteiger partial charge in [-0.25, -0.2) is 9.79 Å². The molecule has 3 aromatic rings. The molecule has 0 aliphatic carbocycles. The fourth-order valence-electron chi connectivity index (χ4n) is 3.99. The molecule has 2 atom stereocenters. The Labute approximate surface area is 201 Å². The van der Waals surface area contributed by atoms with E-state index in [2.05, 4.69) is 15.0 Å². The van der Waals surface area contributed by atoms with Crippen molar-refractivity contribution >= 4 is 17.6 Å². The molecule has 0 aromatic heterocycles. The topological polar surface area (TPSA) is 137 Å². The first-order chi connectivity index (χ1) is 17.1. The zero-order valence-corrected chi connectivity index (χ0v) is 18.8. The number of carbonyl (C=O) groups is 1. The molecule has 0 saturated heterocycles. The summed E-state index contributed by atoms with van der Waals surface area (Å²) in [5, 5.41) is 23.1. The van der Waals surface area contributed by atoms with Crippen LogP contribution in [0, 0.1) is 0 Å². The Kier molecular flexibility index (Phi) is 7.30. The van der Waals surface area contributed by atoms with E-state index in [1.807, 2.05) is 18.2 Å². The Hall–Kier alpha value is -4.33. The van der Waals surface area contributed by atoms with E-state index in [1.54, 1.807) is 60.7 Å². The summed E-state index contributed by atoms with van der Waals surface area (Å²) in [5.74, 6) is -0.335. The van der Waals surface area contributed by atoms with Crippen LogP contribution in [0.4, 0.5) is 5.69 Å². The van der Waals surface area contributed by atoms with Crippen molar-refractivity contribution in [1.29, 1.82) is 0 Å². The standard InChI is InChI=1S/C26H24N4O5/c27-30-29-22-10-5-4-9-20(22)17-26(25(32)33)23(18-7-2-1-3-8-18)35-24(28-26)19-11-13-21(14-12-19)34-16-6-15-31/h1-5,7-14,23,31H,6,15-17H2,(H,32,33)/t23-,26-/m0/s1. The lowest BCUT2D eigenvalue weighted by Gasteiger charge is -2.28. The van der Waals surface area contributed by atoms with Gasteiger partial charge in [-0.1, -0.05) is 59.7 Å². The van der Waals surface area contributed by atoms with E-state index in [1.165, 1.54) is 0 Å². The maximum Gasteiger partial charge on any atom is 0.336 e. The molecule has 1 heterocycles. The van der Waals surface area contributed by atoms with E-state index in [0.717, 1.165) is 0 Å². The van der Waals surface area contributed by atoms with Crippen LogP contribution in [0.25, 0.3) is 10.4 Å². The van der Waals surface area contributed by atoms with Crippen LogP contribution < -0.4 is 4.74 Å². The molecule has 0 bridgehead atoms. The number of rotatable bonds is 10. The molecule has 0 amide bonds. The van der Waals surface area contributed by atoms with Gasteiger partial charge in [0, 0.05) is 35.6 Å². The number of nitrogens with zero attached hydrogens (tertiary/aromatic N) is 4. The van der Waals surface area contributed by atoms with Crippen LogP contribution in [0.5, 0.6) is 5.75 Å². The van der Waals surface area contributed by atoms with Crippen molar-refractivity contribution < 1.29 is 24.5 Å². The molecular weight excluding hydrogens is 448 g/mol. The normalized spacial score (nSPS) is 18.8. The van der Waals surface area contributed by atoms with Gasteiger partial charge in [0.15, 0.2) is 6.10 Å². The molecule has 0 radical (unpaired) electrons. The number of carboxylic acids is 1. The van der Waals surface area contributed by atoms with Gasteiger partial charge in [-0.05, 0) is 40.9 Å². The summed E-state index contributed by atoms with van der Waals surface area (Å²) in [6.07, 6.45) is -0.423. The number of aliphatic hydroxyl groups excluding tert-OH is 1. The van der Waals surface area contributed by atoms with Gasteiger partial charge in [-0.2, -0.15) is 0 Å². The minimum absolute atomic E-state index is 0.0387. The summed E-state index contributed by atoms with van der Waals surface area (Å²) in [6.45, 7) is 0.430. The van der Waals surface area contributed by atoms with Gasteiger partial charge < -0.3 is 19.7 Å². The Morgan fingerprint density at radius 3 is 2.49 bits per heavy atom. The number of hydrogen-bond donors (Lipinski definition) is 2. The highest BCUT2D eigenvalue weighted by Crippen LogP contribution is 2.43. The number of benzene rings is 3. The highest BCUT2D eigenvalue weighted by atomic mass is 16.5. The van der Waals surface area contributed by atoms with Gasteiger partial charge in [0.25, 0.3) is 0 Å². The highest BCUT2D eigenvalue weighted by molar-refractivity contribution is 5.99. The average molecular weight is 473 g/mol. The lowest BCUT2D eigenvalue weighted by Crippen LogP contribution is -2.43. The van der Waals surface area contributed by atoms with E-state index in [0.29, 0.717) is 41.2 Å². The first-order valence-electron chi connectivity index (χ1n) is 11.1. The predicted molar refractivity (Wildman–Crippen MR) is 130 cm³/mol. The second-order valence-corrected chi connectivity index (χ2v) is 8.00. The van der Waals surface area contributed by atoms with Crippen LogP contribution in [-0.4, -0.2) is 40.8 Å². The third kappa shape index (κ3) is 5.11. The average Bonchev–Trinajstić information content (AvgIpc) is 3.27. The first-order valence-corrected chi connectivity index (χ1v) is 11.1. The molecular formula is C26H24N4O5. The second-order valence-electron chi connectivity index (χ2n) is 8.00. The highest BCUT2D eigenvalue weighted by Gasteiger charge is 2.53. The molecule has 0 fully saturated rings. The number of carboxylic acid groups (broad SMARTS) is 1. The molecule has 0 unspecified atom stereocenters. The molecule has 4 rings (SSSR count). The van der Waals surface area contributed by atoms with E-state index in [4.69, 9.17) is 20.1 Å². The van der Waals surface area contributed by atoms with Crippen molar-refractivity contribution in [3.05, 3.63) is 106 Å². The first kappa shape index (κ1) is 23.8. The van der Waals surface area contributed by atoms with E-state index < -0.39 is 17.6 Å². The van der Waals surface area contributed by atoms with Gasteiger partial charge >= 0.3 is 5.97 Å². The van der Waals surface area contributed by atoms with Crippen molar-refractivity contribution in [2.45, 2.75) is 24.5 Å². The molecule has 35 heavy (non-hydrogen) atoms. The SMILES string of the molecule is [N-]=[N+]=Nc1ccccc1C[C@]1(C(=O)O)N=C(c2ccc(OCCCO)cc2)O[C@H]1c1ccccc1. The second kappa shape index (κ2) is 10.7. The van der Waals surface area contributed by atoms with Crippen molar-refractivity contribution in [1.82, 2.24) is 0 Å². The van der Waals surface area contributed by atoms with Gasteiger partial charge in [-0.3, -0.25) is 0 Å². The fourth-order valence-corrected chi connectivity index (χ4v) is 3.99. The number of hydrogen-bond acceptors (Lipinski definition) is 6. The van der Waals surface area contributed by atoms with Crippen molar-refractivity contribution in [3.8, 4) is 5.75 Å². The van der Waals surface area contributed by atoms with Crippen LogP contribution in [0.2, 0.25) is 0 Å². The predicted octanol–water partition coefficient (Wildman–Crippen LogP) is 4.97. The molecule has 178 valence electrons. The van der Waals surface area contributed by atoms with E-state index in [9.17, 15) is 9.90 Å². The lowest BCUT2D eigenvalue weighted by molar-refractivity contribution is -0.146. The zero-order chi connectivity index (χ0) is 24.7. The Morgan fingerprint density at radius 2 is 1.80 bits per heavy atom. The summed E-state index contributed by atoms with van der Waals surface area (Å²) in [6, 6.07) is 22.9. The quantitative estimate of drug-likeness (QED) is 0.186. The molecule has 3 aromatic carbocycles. The van der Waals surface area contributed by atoms with E-state index >= 15 is 0 Å². The summed E-state index contributed by atoms with van der Waals surface area (Å²) >= 11 is 0. The largest absolute Gasteiger partial charge is 0.494 e. The molecule has 1 aliphatic heterocycles. The van der Waals surface area contributed by atoms with Crippen LogP contribution >= 0.6 is 0 Å². The minimum atomic E-state index is -1.69. The summed E-state index contributed by atoms with van der Waals surface area (Å²) in [5.41, 5.74) is 9.43. The number of azide groups is 1. The Balaban J connectivity index is 1.75. The third-order valence-electron chi connectivity index (χ3n) is 5.71. The fraction of sp³-hybridized carbons (Fsp3) is 0.231. The minimum Gasteiger partial charge on any atom is -0.494 e. The third-order valence-corrected chi connectivity index (χ3v) is 5.71. The summed E-state index contributed by atoms with van der Waals surface area (Å²) in [4.78, 5) is 20.3.